The second kappa shape index (κ2) is 8.89. The molecule has 0 radical (unpaired) electrons. The first-order valence-corrected chi connectivity index (χ1v) is 9.63. The number of nitriles is 1. The predicted molar refractivity (Wildman–Crippen MR) is 103 cm³/mol. The molecule has 2 heterocycles. The van der Waals surface area contributed by atoms with Crippen LogP contribution in [0, 0.1) is 11.3 Å². The predicted octanol–water partition coefficient (Wildman–Crippen LogP) is 2.66. The standard InChI is InChI=1S/C21H25N3O4/c1-2-24(19-6-9-28-10-7-19)20(25)17(13-22)11-15-3-4-16-5-8-23(21(26)27)14-18(16)12-15/h3-4,11-12,19H,2,5-10,14H2,1H3,(H,26,27). The van der Waals surface area contributed by atoms with Gasteiger partial charge in [0.2, 0.25) is 0 Å². The van der Waals surface area contributed by atoms with Gasteiger partial charge >= 0.3 is 6.09 Å². The van der Waals surface area contributed by atoms with Gasteiger partial charge in [-0.2, -0.15) is 5.26 Å². The Morgan fingerprint density at radius 1 is 1.36 bits per heavy atom. The van der Waals surface area contributed by atoms with E-state index >= 15 is 0 Å². The van der Waals surface area contributed by atoms with Crippen molar-refractivity contribution in [2.75, 3.05) is 26.3 Å². The minimum atomic E-state index is -0.936. The summed E-state index contributed by atoms with van der Waals surface area (Å²) in [5.41, 5.74) is 2.86. The molecular weight excluding hydrogens is 358 g/mol. The third kappa shape index (κ3) is 4.34. The molecule has 0 atom stereocenters. The van der Waals surface area contributed by atoms with Crippen LogP contribution in [0.5, 0.6) is 0 Å². The van der Waals surface area contributed by atoms with E-state index in [1.807, 2.05) is 31.2 Å². The number of hydrogen-bond donors (Lipinski definition) is 1. The zero-order chi connectivity index (χ0) is 20.1. The largest absolute Gasteiger partial charge is 0.465 e. The number of nitrogens with zero attached hydrogens (tertiary/aromatic N) is 3. The van der Waals surface area contributed by atoms with Crippen LogP contribution in [0.1, 0.15) is 36.5 Å². The molecule has 7 nitrogen and oxygen atoms in total. The van der Waals surface area contributed by atoms with E-state index < -0.39 is 6.09 Å². The maximum Gasteiger partial charge on any atom is 0.407 e. The van der Waals surface area contributed by atoms with Crippen molar-refractivity contribution in [1.29, 1.82) is 5.26 Å². The van der Waals surface area contributed by atoms with Gasteiger partial charge in [0.15, 0.2) is 0 Å². The molecule has 7 heteroatoms. The van der Waals surface area contributed by atoms with Gasteiger partial charge < -0.3 is 19.6 Å². The lowest BCUT2D eigenvalue weighted by atomic mass is 9.96. The molecule has 0 aliphatic carbocycles. The monoisotopic (exact) mass is 383 g/mol. The minimum Gasteiger partial charge on any atom is -0.465 e. The van der Waals surface area contributed by atoms with Gasteiger partial charge in [-0.25, -0.2) is 4.79 Å². The van der Waals surface area contributed by atoms with Crippen LogP contribution >= 0.6 is 0 Å². The Morgan fingerprint density at radius 3 is 2.75 bits per heavy atom. The Labute approximate surface area is 164 Å². The van der Waals surface area contributed by atoms with Crippen LogP contribution in [-0.4, -0.2) is 59.3 Å². The van der Waals surface area contributed by atoms with Crippen LogP contribution in [-0.2, 0) is 22.5 Å². The minimum absolute atomic E-state index is 0.0932. The Balaban J connectivity index is 1.82. The average Bonchev–Trinajstić information content (AvgIpc) is 2.72. The summed E-state index contributed by atoms with van der Waals surface area (Å²) in [5, 5.41) is 18.8. The van der Waals surface area contributed by atoms with E-state index in [9.17, 15) is 20.0 Å². The van der Waals surface area contributed by atoms with Gasteiger partial charge in [-0.15, -0.1) is 0 Å². The van der Waals surface area contributed by atoms with Gasteiger partial charge in [0, 0.05) is 38.9 Å². The van der Waals surface area contributed by atoms with E-state index in [2.05, 4.69) is 0 Å². The molecule has 148 valence electrons. The van der Waals surface area contributed by atoms with Crippen molar-refractivity contribution >= 4 is 18.1 Å². The summed E-state index contributed by atoms with van der Waals surface area (Å²) in [6.45, 7) is 4.53. The molecule has 0 unspecified atom stereocenters. The third-order valence-corrected chi connectivity index (χ3v) is 5.41. The first kappa shape index (κ1) is 19.9. The molecule has 2 aliphatic heterocycles. The van der Waals surface area contributed by atoms with Crippen LogP contribution in [0.4, 0.5) is 4.79 Å². The van der Waals surface area contributed by atoms with E-state index in [4.69, 9.17) is 4.74 Å². The third-order valence-electron chi connectivity index (χ3n) is 5.41. The number of hydrogen-bond acceptors (Lipinski definition) is 4. The summed E-state index contributed by atoms with van der Waals surface area (Å²) in [5.74, 6) is -0.262. The summed E-state index contributed by atoms with van der Waals surface area (Å²) < 4.78 is 5.37. The summed E-state index contributed by atoms with van der Waals surface area (Å²) in [4.78, 5) is 27.3. The van der Waals surface area contributed by atoms with Crippen molar-refractivity contribution < 1.29 is 19.4 Å². The number of rotatable bonds is 4. The lowest BCUT2D eigenvalue weighted by molar-refractivity contribution is -0.130. The summed E-state index contributed by atoms with van der Waals surface area (Å²) in [7, 11) is 0. The summed E-state index contributed by atoms with van der Waals surface area (Å²) in [6.07, 6.45) is 2.90. The Bertz CT molecular complexity index is 821. The second-order valence-corrected chi connectivity index (χ2v) is 7.09. The van der Waals surface area contributed by atoms with Crippen molar-refractivity contribution in [3.63, 3.8) is 0 Å². The topological polar surface area (TPSA) is 93.9 Å². The summed E-state index contributed by atoms with van der Waals surface area (Å²) in [6, 6.07) is 7.85. The Kier molecular flexibility index (Phi) is 6.32. The van der Waals surface area contributed by atoms with E-state index in [-0.39, 0.29) is 17.5 Å². The number of amides is 2. The number of ether oxygens (including phenoxy) is 1. The van der Waals surface area contributed by atoms with Crippen molar-refractivity contribution in [2.45, 2.75) is 38.8 Å². The quantitative estimate of drug-likeness (QED) is 0.637. The normalized spacial score (nSPS) is 17.6. The van der Waals surface area contributed by atoms with Crippen LogP contribution < -0.4 is 0 Å². The second-order valence-electron chi connectivity index (χ2n) is 7.09. The molecule has 1 aromatic rings. The van der Waals surface area contributed by atoms with Gasteiger partial charge in [-0.1, -0.05) is 12.1 Å². The molecule has 0 saturated carbocycles. The molecule has 1 N–H and O–H groups in total. The number of likely N-dealkylation sites (N-methyl/N-ethyl adjacent to an activating group) is 1. The zero-order valence-corrected chi connectivity index (χ0v) is 16.1. The molecule has 28 heavy (non-hydrogen) atoms. The smallest absolute Gasteiger partial charge is 0.407 e. The highest BCUT2D eigenvalue weighted by Crippen LogP contribution is 2.23. The Hall–Kier alpha value is -2.85. The van der Waals surface area contributed by atoms with Gasteiger partial charge in [0.1, 0.15) is 11.6 Å². The maximum absolute atomic E-state index is 12.9. The highest BCUT2D eigenvalue weighted by molar-refractivity contribution is 6.01. The lowest BCUT2D eigenvalue weighted by Gasteiger charge is -2.33. The van der Waals surface area contributed by atoms with E-state index in [1.54, 1.807) is 11.0 Å². The molecule has 0 aromatic heterocycles. The molecule has 3 rings (SSSR count). The van der Waals surface area contributed by atoms with Crippen molar-refractivity contribution in [2.24, 2.45) is 0 Å². The first-order valence-electron chi connectivity index (χ1n) is 9.63. The molecule has 1 saturated heterocycles. The fraction of sp³-hybridized carbons (Fsp3) is 0.476. The number of carbonyl (C=O) groups is 2. The lowest BCUT2D eigenvalue weighted by Crippen LogP contribution is -2.43. The summed E-state index contributed by atoms with van der Waals surface area (Å²) >= 11 is 0. The number of carboxylic acid groups (broad SMARTS) is 1. The fourth-order valence-electron chi connectivity index (χ4n) is 3.86. The highest BCUT2D eigenvalue weighted by atomic mass is 16.5. The molecular formula is C21H25N3O4. The van der Waals surface area contributed by atoms with Crippen LogP contribution in [0.3, 0.4) is 0 Å². The highest BCUT2D eigenvalue weighted by Gasteiger charge is 2.27. The molecule has 0 bridgehead atoms. The van der Waals surface area contributed by atoms with Crippen LogP contribution in [0.25, 0.3) is 6.08 Å². The average molecular weight is 383 g/mol. The molecule has 2 aliphatic rings. The van der Waals surface area contributed by atoms with E-state index in [0.29, 0.717) is 39.3 Å². The van der Waals surface area contributed by atoms with Gasteiger partial charge in [-0.05, 0) is 55.0 Å². The zero-order valence-electron chi connectivity index (χ0n) is 16.1. The molecule has 0 spiro atoms. The molecule has 1 fully saturated rings. The van der Waals surface area contributed by atoms with Gasteiger partial charge in [0.25, 0.3) is 5.91 Å². The van der Waals surface area contributed by atoms with Crippen LogP contribution in [0.15, 0.2) is 23.8 Å². The number of benzene rings is 1. The van der Waals surface area contributed by atoms with Crippen LogP contribution in [0.2, 0.25) is 0 Å². The molecule has 2 amide bonds. The first-order chi connectivity index (χ1) is 13.5. The van der Waals surface area contributed by atoms with Crippen molar-refractivity contribution in [3.05, 3.63) is 40.5 Å². The van der Waals surface area contributed by atoms with Gasteiger partial charge in [0.05, 0.1) is 0 Å². The maximum atomic E-state index is 12.9. The van der Waals surface area contributed by atoms with Crippen molar-refractivity contribution in [1.82, 2.24) is 9.80 Å². The SMILES string of the molecule is CCN(C(=O)C(C#N)=Cc1ccc2c(c1)CN(C(=O)O)CC2)C1CCOCC1. The number of carbonyl (C=O) groups excluding carboxylic acids is 1. The van der Waals surface area contributed by atoms with Gasteiger partial charge in [-0.3, -0.25) is 4.79 Å². The van der Waals surface area contributed by atoms with E-state index in [1.165, 1.54) is 4.90 Å². The molecule has 1 aromatic carbocycles. The van der Waals surface area contributed by atoms with E-state index in [0.717, 1.165) is 29.5 Å². The van der Waals surface area contributed by atoms with Crippen molar-refractivity contribution in [3.8, 4) is 6.07 Å². The Morgan fingerprint density at radius 2 is 2.11 bits per heavy atom. The fourth-order valence-corrected chi connectivity index (χ4v) is 3.86. The number of fused-ring (bicyclic) bond motifs is 1.